The number of carbonyl (C=O) groups is 2. The van der Waals surface area contributed by atoms with Crippen molar-refractivity contribution in [1.82, 2.24) is 0 Å². The minimum Gasteiger partial charge on any atom is -0.461 e. The molecule has 0 aromatic heterocycles. The minimum atomic E-state index is -1.14. The van der Waals surface area contributed by atoms with Crippen molar-refractivity contribution in [2.24, 2.45) is 5.92 Å². The first-order chi connectivity index (χ1) is 14.8. The molecular weight excluding hydrogens is 395 g/mol. The summed E-state index contributed by atoms with van der Waals surface area (Å²) in [4.78, 5) is 25.9. The van der Waals surface area contributed by atoms with Gasteiger partial charge in [0.05, 0.1) is 24.1 Å². The van der Waals surface area contributed by atoms with Crippen molar-refractivity contribution in [3.8, 4) is 0 Å². The van der Waals surface area contributed by atoms with Crippen LogP contribution < -0.4 is 0 Å². The number of fused-ring (bicyclic) bond motifs is 2. The molecule has 0 spiro atoms. The average molecular weight is 422 g/mol. The second-order valence-corrected chi connectivity index (χ2v) is 8.70. The number of carbonyl (C=O) groups excluding carboxylic acids is 2. The molecule has 2 aliphatic heterocycles. The Morgan fingerprint density at radius 1 is 0.903 bits per heavy atom. The zero-order chi connectivity index (χ0) is 22.1. The first kappa shape index (κ1) is 21.6. The van der Waals surface area contributed by atoms with Crippen molar-refractivity contribution < 1.29 is 28.5 Å². The Morgan fingerprint density at radius 2 is 1.45 bits per heavy atom. The van der Waals surface area contributed by atoms with Crippen LogP contribution in [0.3, 0.4) is 0 Å². The molecule has 2 aromatic carbocycles. The van der Waals surface area contributed by atoms with Crippen molar-refractivity contribution in [1.29, 1.82) is 0 Å². The van der Waals surface area contributed by atoms with Crippen LogP contribution in [-0.2, 0) is 41.8 Å². The number of esters is 2. The maximum absolute atomic E-state index is 13.1. The molecule has 0 saturated carbocycles. The number of ether oxygens (including phenoxy) is 4. The monoisotopic (exact) mass is 422 g/mol. The van der Waals surface area contributed by atoms with Crippen LogP contribution in [0.2, 0.25) is 0 Å². The SMILES string of the molecule is B[C@@H]1O[C@]2(CC(=O)OCc3ccccc3)C(C(=O)OCc3ccccc3)C1OC2(C)C. The van der Waals surface area contributed by atoms with Gasteiger partial charge in [0.15, 0.2) is 0 Å². The van der Waals surface area contributed by atoms with E-state index in [2.05, 4.69) is 0 Å². The van der Waals surface area contributed by atoms with E-state index in [1.54, 1.807) is 0 Å². The van der Waals surface area contributed by atoms with Gasteiger partial charge in [-0.1, -0.05) is 60.7 Å². The minimum absolute atomic E-state index is 0.0845. The second kappa shape index (κ2) is 8.48. The van der Waals surface area contributed by atoms with Crippen LogP contribution in [0.25, 0.3) is 0 Å². The molecular formula is C24H27BO6. The van der Waals surface area contributed by atoms with Crippen molar-refractivity contribution in [3.05, 3.63) is 71.8 Å². The molecule has 0 aliphatic carbocycles. The van der Waals surface area contributed by atoms with Gasteiger partial charge < -0.3 is 18.9 Å². The second-order valence-electron chi connectivity index (χ2n) is 8.70. The summed E-state index contributed by atoms with van der Waals surface area (Å²) in [6, 6.07) is 18.6. The van der Waals surface area contributed by atoms with Crippen LogP contribution in [0.15, 0.2) is 60.7 Å². The van der Waals surface area contributed by atoms with Gasteiger partial charge in [-0.15, -0.1) is 0 Å². The molecule has 2 fully saturated rings. The van der Waals surface area contributed by atoms with Gasteiger partial charge in [-0.05, 0) is 25.0 Å². The Kier molecular flexibility index (Phi) is 5.91. The smallest absolute Gasteiger partial charge is 0.315 e. The Morgan fingerprint density at radius 3 is 2.03 bits per heavy atom. The lowest BCUT2D eigenvalue weighted by Crippen LogP contribution is -2.56. The fourth-order valence-electron chi connectivity index (χ4n) is 4.64. The normalized spacial score (nSPS) is 28.3. The summed E-state index contributed by atoms with van der Waals surface area (Å²) in [7, 11) is 1.86. The lowest BCUT2D eigenvalue weighted by Gasteiger charge is -2.42. The molecule has 0 radical (unpaired) electrons. The van der Waals surface area contributed by atoms with E-state index in [0.29, 0.717) is 0 Å². The van der Waals surface area contributed by atoms with Gasteiger partial charge >= 0.3 is 11.9 Å². The molecule has 2 unspecified atom stereocenters. The Balaban J connectivity index is 1.49. The van der Waals surface area contributed by atoms with E-state index in [4.69, 9.17) is 18.9 Å². The molecule has 2 saturated heterocycles. The van der Waals surface area contributed by atoms with E-state index in [1.807, 2.05) is 82.4 Å². The van der Waals surface area contributed by atoms with Crippen molar-refractivity contribution in [2.75, 3.05) is 0 Å². The van der Waals surface area contributed by atoms with Crippen molar-refractivity contribution in [3.63, 3.8) is 0 Å². The average Bonchev–Trinajstić information content (AvgIpc) is 3.15. The molecule has 162 valence electrons. The van der Waals surface area contributed by atoms with Crippen LogP contribution in [0.4, 0.5) is 0 Å². The van der Waals surface area contributed by atoms with Crippen LogP contribution >= 0.6 is 0 Å². The first-order valence-corrected chi connectivity index (χ1v) is 10.6. The Bertz CT molecular complexity index is 932. The van der Waals surface area contributed by atoms with Gasteiger partial charge in [0.1, 0.15) is 32.6 Å². The third-order valence-corrected chi connectivity index (χ3v) is 6.27. The van der Waals surface area contributed by atoms with E-state index in [9.17, 15) is 9.59 Å². The summed E-state index contributed by atoms with van der Waals surface area (Å²) in [6.45, 7) is 4.02. The van der Waals surface area contributed by atoms with Crippen molar-refractivity contribution >= 4 is 19.8 Å². The van der Waals surface area contributed by atoms with Crippen LogP contribution in [0, 0.1) is 5.92 Å². The highest BCUT2D eigenvalue weighted by Crippen LogP contribution is 2.56. The number of benzene rings is 2. The summed E-state index contributed by atoms with van der Waals surface area (Å²) in [5.41, 5.74) is -0.190. The summed E-state index contributed by atoms with van der Waals surface area (Å²) in [6.07, 6.45) is -0.557. The summed E-state index contributed by atoms with van der Waals surface area (Å²) in [5.74, 6) is -1.55. The largest absolute Gasteiger partial charge is 0.461 e. The maximum Gasteiger partial charge on any atom is 0.315 e. The van der Waals surface area contributed by atoms with Gasteiger partial charge in [0, 0.05) is 0 Å². The molecule has 7 heteroatoms. The molecule has 4 rings (SSSR count). The molecule has 2 heterocycles. The van der Waals surface area contributed by atoms with E-state index < -0.39 is 35.2 Å². The van der Waals surface area contributed by atoms with Gasteiger partial charge in [0.25, 0.3) is 0 Å². The molecule has 6 nitrogen and oxygen atoms in total. The number of rotatable bonds is 7. The lowest BCUT2D eigenvalue weighted by molar-refractivity contribution is -0.214. The molecule has 2 bridgehead atoms. The predicted molar refractivity (Wildman–Crippen MR) is 116 cm³/mol. The highest BCUT2D eigenvalue weighted by Gasteiger charge is 2.72. The molecule has 4 atom stereocenters. The fraction of sp³-hybridized carbons (Fsp3) is 0.417. The summed E-state index contributed by atoms with van der Waals surface area (Å²) < 4.78 is 23.5. The topological polar surface area (TPSA) is 71.1 Å². The van der Waals surface area contributed by atoms with Crippen LogP contribution in [-0.4, -0.2) is 43.1 Å². The van der Waals surface area contributed by atoms with E-state index in [0.717, 1.165) is 11.1 Å². The third kappa shape index (κ3) is 4.12. The zero-order valence-corrected chi connectivity index (χ0v) is 18.1. The third-order valence-electron chi connectivity index (χ3n) is 6.27. The zero-order valence-electron chi connectivity index (χ0n) is 18.1. The van der Waals surface area contributed by atoms with Gasteiger partial charge in [-0.25, -0.2) is 0 Å². The summed E-state index contributed by atoms with van der Waals surface area (Å²) >= 11 is 0. The molecule has 0 amide bonds. The molecule has 0 N–H and O–H groups in total. The van der Waals surface area contributed by atoms with Gasteiger partial charge in [-0.3, -0.25) is 9.59 Å². The Hall–Kier alpha value is -2.64. The summed E-state index contributed by atoms with van der Waals surface area (Å²) in [5, 5.41) is 0. The first-order valence-electron chi connectivity index (χ1n) is 10.6. The quantitative estimate of drug-likeness (QED) is 0.504. The number of hydrogen-bond acceptors (Lipinski definition) is 6. The predicted octanol–water partition coefficient (Wildman–Crippen LogP) is 2.39. The van der Waals surface area contributed by atoms with E-state index >= 15 is 0 Å². The maximum atomic E-state index is 13.1. The lowest BCUT2D eigenvalue weighted by atomic mass is 9.75. The molecule has 2 aliphatic rings. The van der Waals surface area contributed by atoms with E-state index in [1.165, 1.54) is 0 Å². The molecule has 2 aromatic rings. The highest BCUT2D eigenvalue weighted by molar-refractivity contribution is 6.12. The van der Waals surface area contributed by atoms with Gasteiger partial charge in [0.2, 0.25) is 0 Å². The highest BCUT2D eigenvalue weighted by atomic mass is 16.6. The molecule has 31 heavy (non-hydrogen) atoms. The van der Waals surface area contributed by atoms with E-state index in [-0.39, 0.29) is 25.6 Å². The fourth-order valence-corrected chi connectivity index (χ4v) is 4.64. The Labute approximate surface area is 183 Å². The van der Waals surface area contributed by atoms with Crippen LogP contribution in [0.1, 0.15) is 31.4 Å². The van der Waals surface area contributed by atoms with Gasteiger partial charge in [-0.2, -0.15) is 0 Å². The van der Waals surface area contributed by atoms with Crippen molar-refractivity contribution in [2.45, 2.75) is 56.8 Å². The standard InChI is InChI=1S/C24H27BO6/c1-23(2)24(13-18(26)28-14-16-9-5-3-6-10-16)19(20(30-23)21(25)31-24)22(27)29-15-17-11-7-4-8-12-17/h3-12,19-21H,13-15,25H2,1-2H3/t19?,20?,21-,24-/m1/s1. The number of hydrogen-bond donors (Lipinski definition) is 0. The van der Waals surface area contributed by atoms with Crippen LogP contribution in [0.5, 0.6) is 0 Å².